The topological polar surface area (TPSA) is 74.8 Å². The number of rotatable bonds is 6. The van der Waals surface area contributed by atoms with Gasteiger partial charge in [-0.05, 0) is 25.1 Å². The average molecular weight is 293 g/mol. The lowest BCUT2D eigenvalue weighted by atomic mass is 10.2. The number of hydrogen-bond acceptors (Lipinski definition) is 4. The predicted molar refractivity (Wildman–Crippen MR) is 82.2 cm³/mol. The quantitative estimate of drug-likeness (QED) is 0.784. The Morgan fingerprint density at radius 2 is 2.15 bits per heavy atom. The summed E-state index contributed by atoms with van der Waals surface area (Å²) in [5.41, 5.74) is 0.589. The van der Waals surface area contributed by atoms with Crippen LogP contribution in [0.15, 0.2) is 29.1 Å². The molecule has 0 bridgehead atoms. The third kappa shape index (κ3) is 3.74. The third-order valence-electron chi connectivity index (χ3n) is 3.25. The molecule has 0 aliphatic heterocycles. The Kier molecular flexibility index (Phi) is 5.03. The van der Waals surface area contributed by atoms with Crippen molar-refractivity contribution in [2.24, 2.45) is 0 Å². The van der Waals surface area contributed by atoms with E-state index in [1.807, 2.05) is 25.1 Å². The van der Waals surface area contributed by atoms with Gasteiger partial charge >= 0.3 is 0 Å². The van der Waals surface area contributed by atoms with E-state index in [1.54, 1.807) is 12.3 Å². The van der Waals surface area contributed by atoms with Gasteiger partial charge in [-0.1, -0.05) is 19.1 Å². The number of para-hydroxylation sites is 1. The highest BCUT2D eigenvalue weighted by Gasteiger charge is 2.06. The van der Waals surface area contributed by atoms with Gasteiger partial charge in [-0.25, -0.2) is 4.98 Å². The monoisotopic (exact) mass is 293 g/mol. The van der Waals surface area contributed by atoms with Crippen molar-refractivity contribution in [3.05, 3.63) is 40.4 Å². The van der Waals surface area contributed by atoms with E-state index in [0.717, 1.165) is 13.0 Å². The van der Waals surface area contributed by atoms with Gasteiger partial charge in [0, 0.05) is 22.3 Å². The van der Waals surface area contributed by atoms with Crippen molar-refractivity contribution < 1.29 is 4.21 Å². The molecule has 1 aromatic heterocycles. The van der Waals surface area contributed by atoms with Crippen molar-refractivity contribution in [1.82, 2.24) is 15.3 Å². The van der Waals surface area contributed by atoms with Gasteiger partial charge in [0.25, 0.3) is 5.56 Å². The van der Waals surface area contributed by atoms with Crippen molar-refractivity contribution in [3.8, 4) is 0 Å². The molecular weight excluding hydrogens is 274 g/mol. The highest BCUT2D eigenvalue weighted by molar-refractivity contribution is 7.84. The summed E-state index contributed by atoms with van der Waals surface area (Å²) in [7, 11) is -0.794. The number of fused-ring (bicyclic) bond motifs is 1. The van der Waals surface area contributed by atoms with Gasteiger partial charge in [0.1, 0.15) is 5.82 Å². The van der Waals surface area contributed by atoms with Crippen LogP contribution in [0.25, 0.3) is 10.9 Å². The van der Waals surface area contributed by atoms with Crippen LogP contribution in [0.4, 0.5) is 0 Å². The van der Waals surface area contributed by atoms with Gasteiger partial charge < -0.3 is 10.3 Å². The van der Waals surface area contributed by atoms with Crippen molar-refractivity contribution in [3.63, 3.8) is 0 Å². The fourth-order valence-electron chi connectivity index (χ4n) is 1.90. The first-order valence-corrected chi connectivity index (χ1v) is 8.21. The van der Waals surface area contributed by atoms with Crippen LogP contribution in [0.1, 0.15) is 19.2 Å². The Balaban J connectivity index is 1.97. The lowest BCUT2D eigenvalue weighted by molar-refractivity contribution is 0.616. The predicted octanol–water partition coefficient (Wildman–Crippen LogP) is 1.17. The minimum Gasteiger partial charge on any atom is -0.310 e. The second kappa shape index (κ2) is 6.76. The molecule has 0 fully saturated rings. The number of aromatic amines is 1. The highest BCUT2D eigenvalue weighted by atomic mass is 32.2. The van der Waals surface area contributed by atoms with Crippen molar-refractivity contribution in [2.45, 2.75) is 25.1 Å². The maximum absolute atomic E-state index is 11.9. The van der Waals surface area contributed by atoms with E-state index in [1.165, 1.54) is 0 Å². The number of H-pyrrole nitrogens is 1. The highest BCUT2D eigenvalue weighted by Crippen LogP contribution is 2.05. The van der Waals surface area contributed by atoms with E-state index in [-0.39, 0.29) is 10.8 Å². The second-order valence-corrected chi connectivity index (χ2v) is 6.61. The van der Waals surface area contributed by atoms with Gasteiger partial charge in [0.05, 0.1) is 17.4 Å². The summed E-state index contributed by atoms with van der Waals surface area (Å²) in [6.07, 6.45) is 2.55. The molecule has 0 spiro atoms. The van der Waals surface area contributed by atoms with E-state index in [0.29, 0.717) is 23.3 Å². The molecule has 2 N–H and O–H groups in total. The Morgan fingerprint density at radius 1 is 1.40 bits per heavy atom. The zero-order valence-corrected chi connectivity index (χ0v) is 12.5. The third-order valence-corrected chi connectivity index (χ3v) is 4.62. The molecule has 0 saturated heterocycles. The van der Waals surface area contributed by atoms with Gasteiger partial charge in [-0.15, -0.1) is 0 Å². The molecule has 108 valence electrons. The van der Waals surface area contributed by atoms with E-state index in [2.05, 4.69) is 15.3 Å². The van der Waals surface area contributed by atoms with Crippen LogP contribution < -0.4 is 10.9 Å². The van der Waals surface area contributed by atoms with Crippen molar-refractivity contribution in [2.75, 3.05) is 12.8 Å². The average Bonchev–Trinajstić information content (AvgIpc) is 2.43. The van der Waals surface area contributed by atoms with Crippen LogP contribution in [0, 0.1) is 0 Å². The van der Waals surface area contributed by atoms with Crippen molar-refractivity contribution >= 4 is 21.7 Å². The number of nitrogens with zero attached hydrogens (tertiary/aromatic N) is 1. The second-order valence-electron chi connectivity index (χ2n) is 4.80. The lowest BCUT2D eigenvalue weighted by Gasteiger charge is -2.09. The molecule has 2 atom stereocenters. The normalized spacial score (nSPS) is 14.3. The van der Waals surface area contributed by atoms with Crippen LogP contribution in [0.5, 0.6) is 0 Å². The fourth-order valence-corrected chi connectivity index (χ4v) is 2.35. The molecule has 6 heteroatoms. The summed E-state index contributed by atoms with van der Waals surface area (Å²) >= 11 is 0. The molecule has 1 heterocycles. The van der Waals surface area contributed by atoms with Crippen LogP contribution in [0.2, 0.25) is 0 Å². The minimum absolute atomic E-state index is 0.115. The maximum atomic E-state index is 11.9. The Morgan fingerprint density at radius 3 is 2.90 bits per heavy atom. The largest absolute Gasteiger partial charge is 0.310 e. The Hall–Kier alpha value is -1.53. The summed E-state index contributed by atoms with van der Waals surface area (Å²) < 4.78 is 11.2. The first-order valence-electron chi connectivity index (χ1n) is 6.59. The number of nitrogens with one attached hydrogen (secondary N) is 2. The maximum Gasteiger partial charge on any atom is 0.258 e. The summed E-state index contributed by atoms with van der Waals surface area (Å²) in [6, 6.07) is 7.28. The van der Waals surface area contributed by atoms with Crippen LogP contribution in [-0.4, -0.2) is 32.2 Å². The standard InChI is InChI=1S/C14H19N3O2S/c1-10(20(2)19)7-8-15-9-13-16-12-6-4-3-5-11(12)14(18)17-13/h3-6,10,15H,7-9H2,1-2H3,(H,16,17,18). The first-order chi connectivity index (χ1) is 9.58. The SMILES string of the molecule is CC(CCNCc1nc2ccccc2c(=O)[nH]1)S(C)=O. The molecule has 0 saturated carbocycles. The van der Waals surface area contributed by atoms with Gasteiger partial charge in [0.15, 0.2) is 0 Å². The van der Waals surface area contributed by atoms with E-state index >= 15 is 0 Å². The molecule has 0 amide bonds. The lowest BCUT2D eigenvalue weighted by Crippen LogP contribution is -2.23. The van der Waals surface area contributed by atoms with Gasteiger partial charge in [-0.3, -0.25) is 9.00 Å². The number of aromatic nitrogens is 2. The molecule has 1 aromatic carbocycles. The Labute approximate surface area is 120 Å². The smallest absolute Gasteiger partial charge is 0.258 e. The van der Waals surface area contributed by atoms with Gasteiger partial charge in [0.2, 0.25) is 0 Å². The molecule has 0 aliphatic rings. The zero-order chi connectivity index (χ0) is 14.5. The summed E-state index contributed by atoms with van der Waals surface area (Å²) in [5, 5.41) is 3.99. The van der Waals surface area contributed by atoms with E-state index < -0.39 is 10.8 Å². The molecule has 0 aliphatic carbocycles. The number of benzene rings is 1. The molecule has 2 aromatic rings. The first kappa shape index (κ1) is 14.9. The molecule has 2 unspecified atom stereocenters. The summed E-state index contributed by atoms with van der Waals surface area (Å²) in [5.74, 6) is 0.624. The fraction of sp³-hybridized carbons (Fsp3) is 0.429. The molecule has 2 rings (SSSR count). The number of hydrogen-bond donors (Lipinski definition) is 2. The summed E-state index contributed by atoms with van der Waals surface area (Å²) in [4.78, 5) is 19.0. The van der Waals surface area contributed by atoms with Crippen molar-refractivity contribution in [1.29, 1.82) is 0 Å². The van der Waals surface area contributed by atoms with Gasteiger partial charge in [-0.2, -0.15) is 0 Å². The summed E-state index contributed by atoms with van der Waals surface area (Å²) in [6.45, 7) is 3.22. The molecule has 20 heavy (non-hydrogen) atoms. The zero-order valence-electron chi connectivity index (χ0n) is 11.7. The van der Waals surface area contributed by atoms with E-state index in [4.69, 9.17) is 0 Å². The molecular formula is C14H19N3O2S. The molecule has 0 radical (unpaired) electrons. The Bertz CT molecular complexity index is 669. The van der Waals surface area contributed by atoms with E-state index in [9.17, 15) is 9.00 Å². The minimum atomic E-state index is -0.794. The van der Waals surface area contributed by atoms with Crippen LogP contribution >= 0.6 is 0 Å². The van der Waals surface area contributed by atoms with Crippen LogP contribution in [0.3, 0.4) is 0 Å². The molecule has 5 nitrogen and oxygen atoms in total. The van der Waals surface area contributed by atoms with Crippen LogP contribution in [-0.2, 0) is 17.3 Å².